The van der Waals surface area contributed by atoms with Crippen molar-refractivity contribution in [1.82, 2.24) is 9.55 Å². The zero-order valence-electron chi connectivity index (χ0n) is 12.2. The van der Waals surface area contributed by atoms with Crippen LogP contribution < -0.4 is 4.74 Å². The summed E-state index contributed by atoms with van der Waals surface area (Å²) in [5, 5.41) is 10.1. The second-order valence-electron chi connectivity index (χ2n) is 5.28. The molecule has 0 spiro atoms. The van der Waals surface area contributed by atoms with Gasteiger partial charge >= 0.3 is 0 Å². The molecule has 4 nitrogen and oxygen atoms in total. The number of hydrogen-bond acceptors (Lipinski definition) is 3. The van der Waals surface area contributed by atoms with Crippen LogP contribution in [0.2, 0.25) is 0 Å². The molecule has 1 N–H and O–H groups in total. The summed E-state index contributed by atoms with van der Waals surface area (Å²) in [5.74, 6) is 0.685. The van der Waals surface area contributed by atoms with Crippen LogP contribution in [0.1, 0.15) is 11.1 Å². The molecule has 0 aliphatic rings. The molecule has 3 rings (SSSR count). The molecule has 108 valence electrons. The number of fused-ring (bicyclic) bond motifs is 1. The van der Waals surface area contributed by atoms with Gasteiger partial charge in [-0.05, 0) is 49.2 Å². The third kappa shape index (κ3) is 3.06. The van der Waals surface area contributed by atoms with E-state index in [9.17, 15) is 5.11 Å². The van der Waals surface area contributed by atoms with Crippen molar-refractivity contribution in [3.05, 3.63) is 59.9 Å². The molecule has 4 heteroatoms. The first-order valence-electron chi connectivity index (χ1n) is 6.95. The first-order valence-corrected chi connectivity index (χ1v) is 6.95. The number of ether oxygens (including phenoxy) is 1. The van der Waals surface area contributed by atoms with E-state index in [1.54, 1.807) is 6.33 Å². The van der Waals surface area contributed by atoms with Gasteiger partial charge < -0.3 is 14.4 Å². The second-order valence-corrected chi connectivity index (χ2v) is 5.28. The van der Waals surface area contributed by atoms with Gasteiger partial charge in [0.1, 0.15) is 5.75 Å². The average Bonchev–Trinajstić information content (AvgIpc) is 2.81. The molecule has 2 aromatic carbocycles. The largest absolute Gasteiger partial charge is 0.463 e. The van der Waals surface area contributed by atoms with E-state index in [1.165, 1.54) is 0 Å². The number of rotatable bonds is 4. The van der Waals surface area contributed by atoms with Crippen LogP contribution in [0, 0.1) is 13.8 Å². The highest BCUT2D eigenvalue weighted by atomic mass is 16.6. The molecule has 1 atom stereocenters. The lowest BCUT2D eigenvalue weighted by molar-refractivity contribution is -0.0287. The van der Waals surface area contributed by atoms with E-state index in [-0.39, 0.29) is 0 Å². The molecule has 21 heavy (non-hydrogen) atoms. The summed E-state index contributed by atoms with van der Waals surface area (Å²) in [4.78, 5) is 4.30. The normalized spacial score (nSPS) is 12.5. The van der Waals surface area contributed by atoms with Crippen molar-refractivity contribution >= 4 is 11.0 Å². The topological polar surface area (TPSA) is 47.3 Å². The first kappa shape index (κ1) is 13.6. The molecular weight excluding hydrogens is 264 g/mol. The van der Waals surface area contributed by atoms with Crippen LogP contribution in [0.4, 0.5) is 0 Å². The van der Waals surface area contributed by atoms with Crippen molar-refractivity contribution in [2.24, 2.45) is 0 Å². The van der Waals surface area contributed by atoms with Crippen LogP contribution in [0.3, 0.4) is 0 Å². The molecule has 0 saturated heterocycles. The van der Waals surface area contributed by atoms with E-state index in [4.69, 9.17) is 4.74 Å². The van der Waals surface area contributed by atoms with Crippen LogP contribution in [0.5, 0.6) is 5.75 Å². The van der Waals surface area contributed by atoms with Crippen molar-refractivity contribution in [3.8, 4) is 5.75 Å². The average molecular weight is 282 g/mol. The summed E-state index contributed by atoms with van der Waals surface area (Å²) in [6.07, 6.45) is 0.808. The van der Waals surface area contributed by atoms with Gasteiger partial charge in [-0.15, -0.1) is 0 Å². The van der Waals surface area contributed by atoms with Gasteiger partial charge in [0.05, 0.1) is 23.9 Å². The Balaban J connectivity index is 1.75. The van der Waals surface area contributed by atoms with Crippen LogP contribution >= 0.6 is 0 Å². The van der Waals surface area contributed by atoms with Gasteiger partial charge in [-0.1, -0.05) is 18.2 Å². The number of imidazole rings is 1. The van der Waals surface area contributed by atoms with Crippen LogP contribution in [-0.4, -0.2) is 20.9 Å². The van der Waals surface area contributed by atoms with Crippen molar-refractivity contribution in [3.63, 3.8) is 0 Å². The van der Waals surface area contributed by atoms with Crippen molar-refractivity contribution in [1.29, 1.82) is 0 Å². The van der Waals surface area contributed by atoms with Crippen molar-refractivity contribution in [2.45, 2.75) is 26.7 Å². The predicted molar refractivity (Wildman–Crippen MR) is 82.3 cm³/mol. The number of hydrogen-bond donors (Lipinski definition) is 1. The van der Waals surface area contributed by atoms with Crippen LogP contribution in [0.15, 0.2) is 48.8 Å². The molecule has 0 radical (unpaired) electrons. The van der Waals surface area contributed by atoms with Crippen molar-refractivity contribution in [2.75, 3.05) is 0 Å². The molecule has 1 heterocycles. The Morgan fingerprint density at radius 3 is 2.62 bits per heavy atom. The minimum absolute atomic E-state index is 0.341. The van der Waals surface area contributed by atoms with E-state index in [1.807, 2.05) is 54.8 Å². The molecule has 0 unspecified atom stereocenters. The fourth-order valence-corrected chi connectivity index (χ4v) is 2.52. The summed E-state index contributed by atoms with van der Waals surface area (Å²) in [5.41, 5.74) is 4.13. The Morgan fingerprint density at radius 1 is 1.14 bits per heavy atom. The second kappa shape index (κ2) is 5.58. The maximum absolute atomic E-state index is 10.1. The Kier molecular flexibility index (Phi) is 3.62. The number of aliphatic hydroxyl groups is 1. The Morgan fingerprint density at radius 2 is 1.86 bits per heavy atom. The summed E-state index contributed by atoms with van der Waals surface area (Å²) in [7, 11) is 0. The summed E-state index contributed by atoms with van der Waals surface area (Å²) >= 11 is 0. The van der Waals surface area contributed by atoms with Crippen LogP contribution in [0.25, 0.3) is 11.0 Å². The Bertz CT molecular complexity index is 744. The molecule has 0 aliphatic heterocycles. The van der Waals surface area contributed by atoms with Crippen LogP contribution in [-0.2, 0) is 6.54 Å². The summed E-state index contributed by atoms with van der Waals surface area (Å²) in [6.45, 7) is 4.36. The number of aliphatic hydroxyl groups excluding tert-OH is 1. The smallest absolute Gasteiger partial charge is 0.215 e. The number of benzene rings is 2. The molecule has 0 saturated carbocycles. The fraction of sp³-hybridized carbons (Fsp3) is 0.235. The van der Waals surface area contributed by atoms with Gasteiger partial charge in [0.15, 0.2) is 0 Å². The highest BCUT2D eigenvalue weighted by Crippen LogP contribution is 2.18. The molecule has 0 aliphatic carbocycles. The molecule has 3 aromatic rings. The highest BCUT2D eigenvalue weighted by Gasteiger charge is 2.10. The lowest BCUT2D eigenvalue weighted by atomic mass is 10.1. The fourth-order valence-electron chi connectivity index (χ4n) is 2.52. The molecule has 0 amide bonds. The zero-order valence-corrected chi connectivity index (χ0v) is 12.2. The quantitative estimate of drug-likeness (QED) is 0.748. The number of para-hydroxylation sites is 2. The van der Waals surface area contributed by atoms with E-state index < -0.39 is 6.29 Å². The Labute approximate surface area is 123 Å². The number of aryl methyl sites for hydroxylation is 2. The van der Waals surface area contributed by atoms with Gasteiger partial charge in [-0.2, -0.15) is 0 Å². The van der Waals surface area contributed by atoms with Gasteiger partial charge in [0.2, 0.25) is 6.29 Å². The third-order valence-electron chi connectivity index (χ3n) is 3.35. The SMILES string of the molecule is Cc1cc(C)cc(O[C@@H](O)Cn2cnc3ccccc32)c1. The standard InChI is InChI=1S/C17H18N2O2/c1-12-7-13(2)9-14(8-12)21-17(20)10-19-11-18-15-5-3-4-6-16(15)19/h3-9,11,17,20H,10H2,1-2H3/t17-/m1/s1. The molecule has 0 fully saturated rings. The van der Waals surface area contributed by atoms with Gasteiger partial charge in [-0.25, -0.2) is 4.98 Å². The molecule has 0 bridgehead atoms. The number of aromatic nitrogens is 2. The maximum Gasteiger partial charge on any atom is 0.215 e. The van der Waals surface area contributed by atoms with Gasteiger partial charge in [0.25, 0.3) is 0 Å². The van der Waals surface area contributed by atoms with E-state index >= 15 is 0 Å². The summed E-state index contributed by atoms with van der Waals surface area (Å²) in [6, 6.07) is 13.7. The number of nitrogens with zero attached hydrogens (tertiary/aromatic N) is 2. The molecular formula is C17H18N2O2. The van der Waals surface area contributed by atoms with E-state index in [0.717, 1.165) is 22.2 Å². The van der Waals surface area contributed by atoms with E-state index in [2.05, 4.69) is 11.1 Å². The molecule has 1 aromatic heterocycles. The monoisotopic (exact) mass is 282 g/mol. The predicted octanol–water partition coefficient (Wildman–Crippen LogP) is 3.05. The van der Waals surface area contributed by atoms with E-state index in [0.29, 0.717) is 12.3 Å². The maximum atomic E-state index is 10.1. The highest BCUT2D eigenvalue weighted by molar-refractivity contribution is 5.74. The van der Waals surface area contributed by atoms with Gasteiger partial charge in [0, 0.05) is 0 Å². The third-order valence-corrected chi connectivity index (χ3v) is 3.35. The summed E-state index contributed by atoms with van der Waals surface area (Å²) < 4.78 is 7.50. The zero-order chi connectivity index (χ0) is 14.8. The van der Waals surface area contributed by atoms with Gasteiger partial charge in [-0.3, -0.25) is 0 Å². The lowest BCUT2D eigenvalue weighted by Gasteiger charge is -2.15. The minimum Gasteiger partial charge on any atom is -0.463 e. The van der Waals surface area contributed by atoms with Crippen molar-refractivity contribution < 1.29 is 9.84 Å². The first-order chi connectivity index (χ1) is 10.1. The minimum atomic E-state index is -0.913. The Hall–Kier alpha value is -2.33. The lowest BCUT2D eigenvalue weighted by Crippen LogP contribution is -2.22.